The standard InChI is InChI=1S/C13H16N2O3/c1-10(8-17-2)15-13(16)9-18-12-6-4-3-5-11(12)7-14/h3-6,10H,8-9H2,1-2H3,(H,15,16)/t10-/m1/s1. The average Bonchev–Trinajstić information content (AvgIpc) is 2.37. The summed E-state index contributed by atoms with van der Waals surface area (Å²) in [6, 6.07) is 8.72. The second-order valence-electron chi connectivity index (χ2n) is 3.82. The van der Waals surface area contributed by atoms with Crippen LogP contribution in [0.3, 0.4) is 0 Å². The third-order valence-corrected chi connectivity index (χ3v) is 2.19. The van der Waals surface area contributed by atoms with Crippen LogP contribution in [0.4, 0.5) is 0 Å². The first-order valence-electron chi connectivity index (χ1n) is 5.57. The van der Waals surface area contributed by atoms with Crippen molar-refractivity contribution in [3.8, 4) is 11.8 Å². The topological polar surface area (TPSA) is 71.3 Å². The van der Waals surface area contributed by atoms with E-state index in [-0.39, 0.29) is 18.6 Å². The van der Waals surface area contributed by atoms with Gasteiger partial charge in [0.15, 0.2) is 6.61 Å². The molecule has 0 fully saturated rings. The van der Waals surface area contributed by atoms with Crippen LogP contribution in [-0.4, -0.2) is 32.3 Å². The van der Waals surface area contributed by atoms with Gasteiger partial charge in [-0.15, -0.1) is 0 Å². The van der Waals surface area contributed by atoms with Gasteiger partial charge in [-0.3, -0.25) is 4.79 Å². The summed E-state index contributed by atoms with van der Waals surface area (Å²) in [5.41, 5.74) is 0.412. The lowest BCUT2D eigenvalue weighted by molar-refractivity contribution is -0.124. The molecule has 5 nitrogen and oxygen atoms in total. The Morgan fingerprint density at radius 2 is 2.22 bits per heavy atom. The van der Waals surface area contributed by atoms with Crippen LogP contribution in [0, 0.1) is 11.3 Å². The van der Waals surface area contributed by atoms with Gasteiger partial charge in [-0.2, -0.15) is 5.26 Å². The van der Waals surface area contributed by atoms with Gasteiger partial charge in [-0.05, 0) is 19.1 Å². The molecule has 18 heavy (non-hydrogen) atoms. The third kappa shape index (κ3) is 4.44. The van der Waals surface area contributed by atoms with Gasteiger partial charge in [0.1, 0.15) is 11.8 Å². The van der Waals surface area contributed by atoms with Crippen molar-refractivity contribution in [3.63, 3.8) is 0 Å². The number of ether oxygens (including phenoxy) is 2. The van der Waals surface area contributed by atoms with E-state index in [1.165, 1.54) is 0 Å². The zero-order valence-electron chi connectivity index (χ0n) is 10.5. The predicted molar refractivity (Wildman–Crippen MR) is 66.1 cm³/mol. The maximum atomic E-state index is 11.5. The molecule has 0 aliphatic rings. The lowest BCUT2D eigenvalue weighted by Crippen LogP contribution is -2.38. The molecule has 0 aliphatic carbocycles. The van der Waals surface area contributed by atoms with Crippen LogP contribution in [0.15, 0.2) is 24.3 Å². The van der Waals surface area contributed by atoms with Gasteiger partial charge >= 0.3 is 0 Å². The largest absolute Gasteiger partial charge is 0.482 e. The summed E-state index contributed by atoms with van der Waals surface area (Å²) in [5.74, 6) is 0.168. The Balaban J connectivity index is 2.45. The summed E-state index contributed by atoms with van der Waals surface area (Å²) in [6.45, 7) is 2.16. The van der Waals surface area contributed by atoms with Gasteiger partial charge in [0, 0.05) is 13.2 Å². The van der Waals surface area contributed by atoms with Crippen LogP contribution in [0.2, 0.25) is 0 Å². The first kappa shape index (κ1) is 14.0. The molecule has 5 heteroatoms. The van der Waals surface area contributed by atoms with Gasteiger partial charge in [-0.1, -0.05) is 12.1 Å². The third-order valence-electron chi connectivity index (χ3n) is 2.19. The second-order valence-corrected chi connectivity index (χ2v) is 3.82. The highest BCUT2D eigenvalue weighted by atomic mass is 16.5. The summed E-state index contributed by atoms with van der Waals surface area (Å²) in [7, 11) is 1.57. The van der Waals surface area contributed by atoms with Crippen molar-refractivity contribution in [2.45, 2.75) is 13.0 Å². The van der Waals surface area contributed by atoms with E-state index >= 15 is 0 Å². The molecule has 0 radical (unpaired) electrons. The second kappa shape index (κ2) is 7.30. The number of methoxy groups -OCH3 is 1. The van der Waals surface area contributed by atoms with Crippen LogP contribution < -0.4 is 10.1 Å². The maximum Gasteiger partial charge on any atom is 0.258 e. The molecule has 1 rings (SSSR count). The summed E-state index contributed by atoms with van der Waals surface area (Å²) >= 11 is 0. The van der Waals surface area contributed by atoms with Crippen molar-refractivity contribution in [2.75, 3.05) is 20.3 Å². The van der Waals surface area contributed by atoms with Crippen LogP contribution in [0.1, 0.15) is 12.5 Å². The Morgan fingerprint density at radius 3 is 2.89 bits per heavy atom. The lowest BCUT2D eigenvalue weighted by Gasteiger charge is -2.13. The monoisotopic (exact) mass is 248 g/mol. The zero-order chi connectivity index (χ0) is 13.4. The molecule has 0 aliphatic heterocycles. The molecule has 1 aromatic carbocycles. The van der Waals surface area contributed by atoms with Crippen molar-refractivity contribution < 1.29 is 14.3 Å². The van der Waals surface area contributed by atoms with Crippen molar-refractivity contribution in [1.82, 2.24) is 5.32 Å². The molecule has 0 saturated heterocycles. The zero-order valence-corrected chi connectivity index (χ0v) is 10.5. The molecule has 0 heterocycles. The predicted octanol–water partition coefficient (Wildman–Crippen LogP) is 1.09. The van der Waals surface area contributed by atoms with E-state index in [1.807, 2.05) is 13.0 Å². The Bertz CT molecular complexity index is 440. The van der Waals surface area contributed by atoms with Crippen LogP contribution in [0.25, 0.3) is 0 Å². The lowest BCUT2D eigenvalue weighted by atomic mass is 10.2. The van der Waals surface area contributed by atoms with Crippen molar-refractivity contribution in [3.05, 3.63) is 29.8 Å². The molecule has 1 amide bonds. The van der Waals surface area contributed by atoms with E-state index < -0.39 is 0 Å². The summed E-state index contributed by atoms with van der Waals surface area (Å²) < 4.78 is 10.2. The van der Waals surface area contributed by atoms with Crippen LogP contribution in [-0.2, 0) is 9.53 Å². The van der Waals surface area contributed by atoms with Crippen LogP contribution in [0.5, 0.6) is 5.75 Å². The van der Waals surface area contributed by atoms with Crippen molar-refractivity contribution >= 4 is 5.91 Å². The van der Waals surface area contributed by atoms with Gasteiger partial charge < -0.3 is 14.8 Å². The number of nitrogens with one attached hydrogen (secondary N) is 1. The number of amides is 1. The summed E-state index contributed by atoms with van der Waals surface area (Å²) in [4.78, 5) is 11.5. The Labute approximate surface area is 106 Å². The number of hydrogen-bond donors (Lipinski definition) is 1. The minimum Gasteiger partial charge on any atom is -0.482 e. The molecular formula is C13H16N2O3. The summed E-state index contributed by atoms with van der Waals surface area (Å²) in [5, 5.41) is 11.6. The molecule has 0 unspecified atom stereocenters. The van der Waals surface area contributed by atoms with Gasteiger partial charge in [-0.25, -0.2) is 0 Å². The SMILES string of the molecule is COC[C@@H](C)NC(=O)COc1ccccc1C#N. The quantitative estimate of drug-likeness (QED) is 0.818. The van der Waals surface area contributed by atoms with Gasteiger partial charge in [0.25, 0.3) is 5.91 Å². The molecule has 0 bridgehead atoms. The van der Waals surface area contributed by atoms with E-state index in [1.54, 1.807) is 31.4 Å². The van der Waals surface area contributed by atoms with E-state index in [0.717, 1.165) is 0 Å². The summed E-state index contributed by atoms with van der Waals surface area (Å²) in [6.07, 6.45) is 0. The molecule has 0 saturated carbocycles. The number of nitrogens with zero attached hydrogens (tertiary/aromatic N) is 1. The minimum absolute atomic E-state index is 0.0719. The number of rotatable bonds is 6. The smallest absolute Gasteiger partial charge is 0.258 e. The van der Waals surface area contributed by atoms with E-state index in [0.29, 0.717) is 17.9 Å². The number of hydrogen-bond acceptors (Lipinski definition) is 4. The highest BCUT2D eigenvalue weighted by Gasteiger charge is 2.09. The normalized spacial score (nSPS) is 11.4. The fourth-order valence-corrected chi connectivity index (χ4v) is 1.44. The minimum atomic E-state index is -0.243. The first-order valence-corrected chi connectivity index (χ1v) is 5.57. The molecule has 1 N–H and O–H groups in total. The average molecular weight is 248 g/mol. The Kier molecular flexibility index (Phi) is 5.68. The molecule has 0 spiro atoms. The highest BCUT2D eigenvalue weighted by molar-refractivity contribution is 5.77. The van der Waals surface area contributed by atoms with E-state index in [2.05, 4.69) is 5.32 Å². The number of carbonyl (C=O) groups excluding carboxylic acids is 1. The van der Waals surface area contributed by atoms with Crippen LogP contribution >= 0.6 is 0 Å². The van der Waals surface area contributed by atoms with E-state index in [4.69, 9.17) is 14.7 Å². The van der Waals surface area contributed by atoms with Gasteiger partial charge in [0.05, 0.1) is 12.2 Å². The van der Waals surface area contributed by atoms with Crippen molar-refractivity contribution in [2.24, 2.45) is 0 Å². The number of nitriles is 1. The fraction of sp³-hybridized carbons (Fsp3) is 0.385. The van der Waals surface area contributed by atoms with E-state index in [9.17, 15) is 4.79 Å². The molecule has 96 valence electrons. The Hall–Kier alpha value is -2.06. The Morgan fingerprint density at radius 1 is 1.50 bits per heavy atom. The van der Waals surface area contributed by atoms with Crippen molar-refractivity contribution in [1.29, 1.82) is 5.26 Å². The number of para-hydroxylation sites is 1. The molecular weight excluding hydrogens is 232 g/mol. The molecule has 0 aromatic heterocycles. The highest BCUT2D eigenvalue weighted by Crippen LogP contribution is 2.16. The molecule has 1 atom stereocenters. The first-order chi connectivity index (χ1) is 8.67. The number of benzene rings is 1. The number of carbonyl (C=O) groups is 1. The fourth-order valence-electron chi connectivity index (χ4n) is 1.44. The molecule has 1 aromatic rings. The maximum absolute atomic E-state index is 11.5. The van der Waals surface area contributed by atoms with Gasteiger partial charge in [0.2, 0.25) is 0 Å².